The second kappa shape index (κ2) is 12.2. The van der Waals surface area contributed by atoms with E-state index in [0.29, 0.717) is 6.42 Å². The van der Waals surface area contributed by atoms with Gasteiger partial charge in [-0.25, -0.2) is 0 Å². The molecule has 0 aliphatic rings. The second-order valence-corrected chi connectivity index (χ2v) is 6.68. The molecule has 0 aromatic heterocycles. The summed E-state index contributed by atoms with van der Waals surface area (Å²) in [7, 11) is 0. The fourth-order valence-electron chi connectivity index (χ4n) is 2.49. The topological polar surface area (TPSA) is 46.2 Å². The van der Waals surface area contributed by atoms with Gasteiger partial charge in [0, 0.05) is 11.3 Å². The van der Waals surface area contributed by atoms with Crippen molar-refractivity contribution < 1.29 is 9.59 Å². The maximum absolute atomic E-state index is 12.0. The van der Waals surface area contributed by atoms with Crippen molar-refractivity contribution in [2.24, 2.45) is 0 Å². The van der Waals surface area contributed by atoms with Gasteiger partial charge in [-0.15, -0.1) is 11.8 Å². The van der Waals surface area contributed by atoms with E-state index in [0.717, 1.165) is 23.4 Å². The van der Waals surface area contributed by atoms with Crippen molar-refractivity contribution in [2.75, 3.05) is 11.6 Å². The molecule has 0 fully saturated rings. The standard InChI is InChI=1S/C19H29NO2S/c1-3-4-5-6-7-8-9-12-16(21)15-19(22)20-17-13-10-11-14-18(17)23-2/h10-11,13-14H,3-9,12,15H2,1-2H3,(H,20,22). The predicted molar refractivity (Wildman–Crippen MR) is 99.1 cm³/mol. The molecule has 0 saturated heterocycles. The monoisotopic (exact) mass is 335 g/mol. The van der Waals surface area contributed by atoms with Crippen LogP contribution in [0.4, 0.5) is 5.69 Å². The largest absolute Gasteiger partial charge is 0.325 e. The molecule has 0 aliphatic heterocycles. The third-order valence-electron chi connectivity index (χ3n) is 3.80. The summed E-state index contributed by atoms with van der Waals surface area (Å²) in [5.74, 6) is -0.169. The average molecular weight is 336 g/mol. The molecule has 23 heavy (non-hydrogen) atoms. The number of rotatable bonds is 12. The number of hydrogen-bond acceptors (Lipinski definition) is 3. The Balaban J connectivity index is 2.20. The Bertz CT molecular complexity index is 488. The Morgan fingerprint density at radius 1 is 1.00 bits per heavy atom. The van der Waals surface area contributed by atoms with Crippen molar-refractivity contribution in [1.29, 1.82) is 0 Å². The third-order valence-corrected chi connectivity index (χ3v) is 4.59. The molecular formula is C19H29NO2S. The zero-order chi connectivity index (χ0) is 16.9. The number of unbranched alkanes of at least 4 members (excludes halogenated alkanes) is 6. The first kappa shape index (κ1) is 19.8. The molecule has 0 atom stereocenters. The molecule has 0 bridgehead atoms. The minimum Gasteiger partial charge on any atom is -0.325 e. The number of carbonyl (C=O) groups is 2. The Morgan fingerprint density at radius 3 is 2.35 bits per heavy atom. The number of benzene rings is 1. The normalized spacial score (nSPS) is 10.5. The summed E-state index contributed by atoms with van der Waals surface area (Å²) in [6.07, 6.45) is 10.8. The maximum Gasteiger partial charge on any atom is 0.231 e. The molecule has 1 aromatic carbocycles. The molecule has 4 heteroatoms. The van der Waals surface area contributed by atoms with Gasteiger partial charge in [-0.3, -0.25) is 9.59 Å². The van der Waals surface area contributed by atoms with Gasteiger partial charge in [-0.05, 0) is 24.8 Å². The quantitative estimate of drug-likeness (QED) is 0.314. The highest BCUT2D eigenvalue weighted by molar-refractivity contribution is 7.98. The molecule has 1 amide bonds. The fraction of sp³-hybridized carbons (Fsp3) is 0.579. The van der Waals surface area contributed by atoms with E-state index >= 15 is 0 Å². The van der Waals surface area contributed by atoms with Crippen molar-refractivity contribution >= 4 is 29.1 Å². The molecule has 1 rings (SSSR count). The number of Topliss-reactive ketones (excluding diaryl/α,β-unsaturated/α-hetero) is 1. The minimum absolute atomic E-state index is 0.0153. The van der Waals surface area contributed by atoms with Crippen LogP contribution < -0.4 is 5.32 Å². The predicted octanol–water partition coefficient (Wildman–Crippen LogP) is 5.45. The summed E-state index contributed by atoms with van der Waals surface area (Å²) in [5.41, 5.74) is 0.786. The van der Waals surface area contributed by atoms with Gasteiger partial charge in [-0.2, -0.15) is 0 Å². The lowest BCUT2D eigenvalue weighted by Gasteiger charge is -2.08. The number of para-hydroxylation sites is 1. The number of amides is 1. The van der Waals surface area contributed by atoms with Crippen LogP contribution in [0.1, 0.15) is 64.7 Å². The second-order valence-electron chi connectivity index (χ2n) is 5.84. The highest BCUT2D eigenvalue weighted by atomic mass is 32.2. The fourth-order valence-corrected chi connectivity index (χ4v) is 3.04. The highest BCUT2D eigenvalue weighted by Crippen LogP contribution is 2.24. The van der Waals surface area contributed by atoms with Crippen LogP contribution in [0.2, 0.25) is 0 Å². The van der Waals surface area contributed by atoms with Gasteiger partial charge < -0.3 is 5.32 Å². The van der Waals surface area contributed by atoms with Crippen LogP contribution in [-0.2, 0) is 9.59 Å². The van der Waals surface area contributed by atoms with Crippen molar-refractivity contribution in [3.63, 3.8) is 0 Å². The minimum atomic E-state index is -0.209. The van der Waals surface area contributed by atoms with E-state index in [4.69, 9.17) is 0 Å². The lowest BCUT2D eigenvalue weighted by atomic mass is 10.1. The molecule has 1 N–H and O–H groups in total. The van der Waals surface area contributed by atoms with Gasteiger partial charge in [-0.1, -0.05) is 57.6 Å². The number of carbonyl (C=O) groups excluding carboxylic acids is 2. The maximum atomic E-state index is 12.0. The third kappa shape index (κ3) is 8.80. The number of thioether (sulfide) groups is 1. The van der Waals surface area contributed by atoms with Crippen LogP contribution in [0.15, 0.2) is 29.2 Å². The molecule has 128 valence electrons. The van der Waals surface area contributed by atoms with E-state index in [9.17, 15) is 9.59 Å². The summed E-state index contributed by atoms with van der Waals surface area (Å²) in [5, 5.41) is 2.84. The van der Waals surface area contributed by atoms with Gasteiger partial charge in [0.05, 0.1) is 12.1 Å². The van der Waals surface area contributed by atoms with Gasteiger partial charge in [0.25, 0.3) is 0 Å². The summed E-state index contributed by atoms with van der Waals surface area (Å²) in [4.78, 5) is 24.8. The van der Waals surface area contributed by atoms with Crippen LogP contribution in [0.5, 0.6) is 0 Å². The summed E-state index contributed by atoms with van der Waals surface area (Å²) < 4.78 is 0. The lowest BCUT2D eigenvalue weighted by Crippen LogP contribution is -2.16. The summed E-state index contributed by atoms with van der Waals surface area (Å²) in [6, 6.07) is 7.65. The number of nitrogens with one attached hydrogen (secondary N) is 1. The van der Waals surface area contributed by atoms with E-state index in [2.05, 4.69) is 12.2 Å². The first-order valence-electron chi connectivity index (χ1n) is 8.62. The zero-order valence-electron chi connectivity index (χ0n) is 14.4. The Hall–Kier alpha value is -1.29. The van der Waals surface area contributed by atoms with E-state index < -0.39 is 0 Å². The van der Waals surface area contributed by atoms with Crippen molar-refractivity contribution in [3.05, 3.63) is 24.3 Å². The van der Waals surface area contributed by atoms with E-state index in [1.807, 2.05) is 30.5 Å². The lowest BCUT2D eigenvalue weighted by molar-refractivity contribution is -0.125. The van der Waals surface area contributed by atoms with Gasteiger partial charge in [0.15, 0.2) is 0 Å². The van der Waals surface area contributed by atoms with E-state index in [-0.39, 0.29) is 18.1 Å². The van der Waals surface area contributed by atoms with Gasteiger partial charge >= 0.3 is 0 Å². The van der Waals surface area contributed by atoms with Gasteiger partial charge in [0.2, 0.25) is 5.91 Å². The number of hydrogen-bond donors (Lipinski definition) is 1. The average Bonchev–Trinajstić information content (AvgIpc) is 2.54. The molecule has 1 aromatic rings. The molecule has 0 saturated carbocycles. The highest BCUT2D eigenvalue weighted by Gasteiger charge is 2.11. The molecule has 0 unspecified atom stereocenters. The SMILES string of the molecule is CCCCCCCCCC(=O)CC(=O)Nc1ccccc1SC. The van der Waals surface area contributed by atoms with E-state index in [1.165, 1.54) is 32.1 Å². The molecule has 3 nitrogen and oxygen atoms in total. The van der Waals surface area contributed by atoms with Gasteiger partial charge in [0.1, 0.15) is 5.78 Å². The molecule has 0 spiro atoms. The van der Waals surface area contributed by atoms with E-state index in [1.54, 1.807) is 11.8 Å². The van der Waals surface area contributed by atoms with Crippen LogP contribution in [0.25, 0.3) is 0 Å². The number of anilines is 1. The van der Waals surface area contributed by atoms with Crippen LogP contribution in [0, 0.1) is 0 Å². The van der Waals surface area contributed by atoms with Crippen LogP contribution >= 0.6 is 11.8 Å². The first-order valence-corrected chi connectivity index (χ1v) is 9.84. The smallest absolute Gasteiger partial charge is 0.231 e. The molecule has 0 aliphatic carbocycles. The molecular weight excluding hydrogens is 306 g/mol. The molecule has 0 radical (unpaired) electrons. The van der Waals surface area contributed by atoms with Crippen molar-refractivity contribution in [1.82, 2.24) is 0 Å². The first-order chi connectivity index (χ1) is 11.2. The summed E-state index contributed by atoms with van der Waals surface area (Å²) in [6.45, 7) is 2.21. The summed E-state index contributed by atoms with van der Waals surface area (Å²) >= 11 is 1.58. The molecule has 0 heterocycles. The zero-order valence-corrected chi connectivity index (χ0v) is 15.2. The number of ketones is 1. The van der Waals surface area contributed by atoms with Crippen LogP contribution in [-0.4, -0.2) is 17.9 Å². The van der Waals surface area contributed by atoms with Crippen molar-refractivity contribution in [2.45, 2.75) is 69.6 Å². The Kier molecular flexibility index (Phi) is 10.5. The Morgan fingerprint density at radius 2 is 1.65 bits per heavy atom. The van der Waals surface area contributed by atoms with Crippen molar-refractivity contribution in [3.8, 4) is 0 Å². The Labute approximate surface area is 144 Å². The van der Waals surface area contributed by atoms with Crippen LogP contribution in [0.3, 0.4) is 0 Å².